The van der Waals surface area contributed by atoms with Crippen LogP contribution in [0.3, 0.4) is 0 Å². The third-order valence-electron chi connectivity index (χ3n) is 5.18. The number of thioether (sulfide) groups is 1. The van der Waals surface area contributed by atoms with Crippen molar-refractivity contribution in [3.8, 4) is 16.9 Å². The topological polar surface area (TPSA) is 8.17 Å². The maximum atomic E-state index is 13.5. The van der Waals surface area contributed by atoms with Gasteiger partial charge in [0.05, 0.1) is 5.69 Å². The number of benzene rings is 2. The molecule has 1 fully saturated rings. The molecule has 0 aliphatic carbocycles. The second kappa shape index (κ2) is 8.32. The van der Waals surface area contributed by atoms with Gasteiger partial charge < -0.3 is 4.57 Å². The average molecular weight is 381 g/mol. The highest BCUT2D eigenvalue weighted by Gasteiger charge is 2.19. The Labute approximate surface area is 165 Å². The zero-order valence-electron chi connectivity index (χ0n) is 15.7. The summed E-state index contributed by atoms with van der Waals surface area (Å²) in [6.07, 6.45) is 0.947. The van der Waals surface area contributed by atoms with Gasteiger partial charge in [0.15, 0.2) is 0 Å². The largest absolute Gasteiger partial charge is 0.313 e. The van der Waals surface area contributed by atoms with Crippen LogP contribution < -0.4 is 0 Å². The molecule has 4 heteroatoms. The minimum Gasteiger partial charge on any atom is -0.313 e. The normalized spacial score (nSPS) is 15.2. The highest BCUT2D eigenvalue weighted by atomic mass is 32.2. The van der Waals surface area contributed by atoms with Crippen LogP contribution >= 0.6 is 11.8 Å². The molecule has 0 amide bonds. The van der Waals surface area contributed by atoms with Crippen molar-refractivity contribution < 1.29 is 4.39 Å². The van der Waals surface area contributed by atoms with Gasteiger partial charge in [0.1, 0.15) is 5.82 Å². The molecule has 3 aromatic rings. The lowest BCUT2D eigenvalue weighted by atomic mass is 10.1. The molecule has 140 valence electrons. The van der Waals surface area contributed by atoms with Crippen molar-refractivity contribution in [1.29, 1.82) is 0 Å². The van der Waals surface area contributed by atoms with Crippen molar-refractivity contribution in [2.75, 3.05) is 24.6 Å². The molecule has 0 spiro atoms. The zero-order chi connectivity index (χ0) is 18.6. The van der Waals surface area contributed by atoms with E-state index in [9.17, 15) is 4.39 Å². The molecular formula is C23H25FN2S. The van der Waals surface area contributed by atoms with Gasteiger partial charge in [0.2, 0.25) is 0 Å². The first-order valence-electron chi connectivity index (χ1n) is 9.61. The molecule has 0 atom stereocenters. The molecule has 0 unspecified atom stereocenters. The molecule has 1 aromatic heterocycles. The van der Waals surface area contributed by atoms with Gasteiger partial charge >= 0.3 is 0 Å². The van der Waals surface area contributed by atoms with E-state index in [1.165, 1.54) is 34.0 Å². The summed E-state index contributed by atoms with van der Waals surface area (Å²) < 4.78 is 15.8. The molecule has 1 aliphatic rings. The summed E-state index contributed by atoms with van der Waals surface area (Å²) in [6.45, 7) is 5.49. The van der Waals surface area contributed by atoms with Gasteiger partial charge in [-0.1, -0.05) is 37.3 Å². The van der Waals surface area contributed by atoms with E-state index >= 15 is 0 Å². The Bertz CT molecular complexity index is 881. The van der Waals surface area contributed by atoms with Crippen LogP contribution in [-0.2, 0) is 13.0 Å². The van der Waals surface area contributed by atoms with E-state index in [2.05, 4.69) is 46.7 Å². The fourth-order valence-electron chi connectivity index (χ4n) is 3.83. The molecule has 1 saturated heterocycles. The number of rotatable bonds is 5. The predicted molar refractivity (Wildman–Crippen MR) is 113 cm³/mol. The van der Waals surface area contributed by atoms with Gasteiger partial charge in [-0.25, -0.2) is 4.39 Å². The summed E-state index contributed by atoms with van der Waals surface area (Å²) in [4.78, 5) is 2.55. The molecule has 2 heterocycles. The predicted octanol–water partition coefficient (Wildman–Crippen LogP) is 5.39. The summed E-state index contributed by atoms with van der Waals surface area (Å²) in [5.41, 5.74) is 6.09. The Morgan fingerprint density at radius 3 is 2.33 bits per heavy atom. The smallest absolute Gasteiger partial charge is 0.123 e. The van der Waals surface area contributed by atoms with Crippen molar-refractivity contribution in [3.05, 3.63) is 77.7 Å². The summed E-state index contributed by atoms with van der Waals surface area (Å²) in [7, 11) is 0. The van der Waals surface area contributed by atoms with Gasteiger partial charge in [0.25, 0.3) is 0 Å². The first-order chi connectivity index (χ1) is 13.3. The van der Waals surface area contributed by atoms with Crippen molar-refractivity contribution in [2.24, 2.45) is 0 Å². The van der Waals surface area contributed by atoms with Gasteiger partial charge in [-0.15, -0.1) is 0 Å². The first kappa shape index (κ1) is 18.3. The molecule has 0 bridgehead atoms. The third kappa shape index (κ3) is 3.97. The Morgan fingerprint density at radius 1 is 0.963 bits per heavy atom. The van der Waals surface area contributed by atoms with Crippen LogP contribution in [0.15, 0.2) is 60.7 Å². The molecule has 0 radical (unpaired) electrons. The van der Waals surface area contributed by atoms with Crippen molar-refractivity contribution in [3.63, 3.8) is 0 Å². The number of halogens is 1. The van der Waals surface area contributed by atoms with Crippen molar-refractivity contribution >= 4 is 11.8 Å². The maximum Gasteiger partial charge on any atom is 0.123 e. The van der Waals surface area contributed by atoms with Gasteiger partial charge in [-0.2, -0.15) is 11.8 Å². The van der Waals surface area contributed by atoms with Gasteiger partial charge in [-0.3, -0.25) is 4.90 Å². The molecule has 27 heavy (non-hydrogen) atoms. The highest BCUT2D eigenvalue weighted by molar-refractivity contribution is 7.99. The third-order valence-corrected chi connectivity index (χ3v) is 6.12. The van der Waals surface area contributed by atoms with Crippen LogP contribution in [0.1, 0.15) is 18.2 Å². The highest BCUT2D eigenvalue weighted by Crippen LogP contribution is 2.31. The van der Waals surface area contributed by atoms with Crippen molar-refractivity contribution in [2.45, 2.75) is 19.9 Å². The minimum atomic E-state index is -0.198. The Balaban J connectivity index is 1.82. The number of hydrogen-bond acceptors (Lipinski definition) is 2. The molecule has 2 nitrogen and oxygen atoms in total. The molecule has 4 rings (SSSR count). The second-order valence-electron chi connectivity index (χ2n) is 6.92. The summed E-state index contributed by atoms with van der Waals surface area (Å²) in [5.74, 6) is 2.23. The Hall–Kier alpha value is -2.04. The van der Waals surface area contributed by atoms with Crippen LogP contribution in [0.25, 0.3) is 16.9 Å². The van der Waals surface area contributed by atoms with E-state index in [-0.39, 0.29) is 5.82 Å². The SMILES string of the molecule is CCc1c(CN2CCSCC2)cc(-c2ccccc2)n1-c1ccc(F)cc1. The lowest BCUT2D eigenvalue weighted by Crippen LogP contribution is -2.32. The van der Waals surface area contributed by atoms with E-state index < -0.39 is 0 Å². The van der Waals surface area contributed by atoms with Crippen LogP contribution in [0.5, 0.6) is 0 Å². The zero-order valence-corrected chi connectivity index (χ0v) is 16.5. The van der Waals surface area contributed by atoms with E-state index in [4.69, 9.17) is 0 Å². The lowest BCUT2D eigenvalue weighted by Gasteiger charge is -2.26. The number of nitrogens with zero attached hydrogens (tertiary/aromatic N) is 2. The number of hydrogen-bond donors (Lipinski definition) is 0. The van der Waals surface area contributed by atoms with E-state index in [0.717, 1.165) is 31.7 Å². The fourth-order valence-corrected chi connectivity index (χ4v) is 4.81. The molecular weight excluding hydrogens is 355 g/mol. The first-order valence-corrected chi connectivity index (χ1v) is 10.8. The maximum absolute atomic E-state index is 13.5. The Morgan fingerprint density at radius 2 is 1.67 bits per heavy atom. The lowest BCUT2D eigenvalue weighted by molar-refractivity contribution is 0.294. The van der Waals surface area contributed by atoms with E-state index in [0.29, 0.717) is 0 Å². The van der Waals surface area contributed by atoms with Crippen LogP contribution in [0.2, 0.25) is 0 Å². The molecule has 2 aromatic carbocycles. The van der Waals surface area contributed by atoms with E-state index in [1.54, 1.807) is 12.1 Å². The monoisotopic (exact) mass is 380 g/mol. The molecule has 0 N–H and O–H groups in total. The van der Waals surface area contributed by atoms with Gasteiger partial charge in [0, 0.05) is 42.5 Å². The quantitative estimate of drug-likeness (QED) is 0.586. The van der Waals surface area contributed by atoms with Crippen LogP contribution in [0.4, 0.5) is 4.39 Å². The summed E-state index contributed by atoms with van der Waals surface area (Å²) in [6, 6.07) is 19.7. The summed E-state index contributed by atoms with van der Waals surface area (Å²) in [5, 5.41) is 0. The minimum absolute atomic E-state index is 0.198. The van der Waals surface area contributed by atoms with Crippen LogP contribution in [-0.4, -0.2) is 34.1 Å². The molecule has 1 aliphatic heterocycles. The summed E-state index contributed by atoms with van der Waals surface area (Å²) >= 11 is 2.04. The number of aromatic nitrogens is 1. The molecule has 0 saturated carbocycles. The fraction of sp³-hybridized carbons (Fsp3) is 0.304. The van der Waals surface area contributed by atoms with Crippen LogP contribution in [0, 0.1) is 5.82 Å². The average Bonchev–Trinajstić information content (AvgIpc) is 3.08. The van der Waals surface area contributed by atoms with Crippen molar-refractivity contribution in [1.82, 2.24) is 9.47 Å². The Kier molecular flexibility index (Phi) is 5.65. The standard InChI is InChI=1S/C23H25FN2S/c1-2-22-19(17-25-12-14-27-15-13-25)16-23(18-6-4-3-5-7-18)26(22)21-10-8-20(24)9-11-21/h3-11,16H,2,12-15,17H2,1H3. The second-order valence-corrected chi connectivity index (χ2v) is 8.15. The van der Waals surface area contributed by atoms with E-state index in [1.807, 2.05) is 30.0 Å². The van der Waals surface area contributed by atoms with Gasteiger partial charge in [-0.05, 0) is 47.9 Å².